The molecule has 2 N–H and O–H groups in total. The Kier molecular flexibility index (Phi) is 7.00. The summed E-state index contributed by atoms with van der Waals surface area (Å²) in [5.74, 6) is -0.0828. The second-order valence-electron chi connectivity index (χ2n) is 6.02. The molecule has 3 rings (SSSR count). The van der Waals surface area contributed by atoms with E-state index in [0.29, 0.717) is 0 Å². The Morgan fingerprint density at radius 1 is 1.17 bits per heavy atom. The molecule has 0 aliphatic carbocycles. The van der Waals surface area contributed by atoms with Gasteiger partial charge in [-0.05, 0) is 56.1 Å². The Labute approximate surface area is 149 Å². The van der Waals surface area contributed by atoms with Crippen LogP contribution in [-0.4, -0.2) is 23.9 Å². The second kappa shape index (κ2) is 9.00. The van der Waals surface area contributed by atoms with Gasteiger partial charge in [-0.2, -0.15) is 0 Å². The largest absolute Gasteiger partial charge is 0.369 e. The second-order valence-corrected chi connectivity index (χ2v) is 7.31. The van der Waals surface area contributed by atoms with Gasteiger partial charge in [0.05, 0.1) is 0 Å². The van der Waals surface area contributed by atoms with Crippen molar-refractivity contribution in [3.05, 3.63) is 46.8 Å². The van der Waals surface area contributed by atoms with E-state index in [-0.39, 0.29) is 11.8 Å². The van der Waals surface area contributed by atoms with Gasteiger partial charge in [0.1, 0.15) is 0 Å². The van der Waals surface area contributed by atoms with E-state index in [4.69, 9.17) is 5.73 Å². The molecule has 2 heterocycles. The van der Waals surface area contributed by atoms with Crippen LogP contribution in [0.4, 0.5) is 0 Å². The standard InChI is InChI=1S/C18H22N2OS.C2H6/c1-13-6-7-17(22-13)16-5-3-2-4-15(16)12-20-10-8-14(9-11-20)18(19)21;1-2/h2-7,14H,8-12H2,1H3,(H2,19,21);1-2H3. The number of primary amides is 1. The molecule has 1 aromatic carbocycles. The first kappa shape index (κ1) is 18.7. The molecule has 1 aromatic heterocycles. The van der Waals surface area contributed by atoms with Gasteiger partial charge in [-0.15, -0.1) is 11.3 Å². The third-order valence-corrected chi connectivity index (χ3v) is 5.44. The van der Waals surface area contributed by atoms with Crippen LogP contribution < -0.4 is 5.73 Å². The highest BCUT2D eigenvalue weighted by atomic mass is 32.1. The third kappa shape index (κ3) is 4.68. The normalized spacial score (nSPS) is 15.6. The first-order valence-electron chi connectivity index (χ1n) is 8.80. The molecule has 0 atom stereocenters. The number of amides is 1. The van der Waals surface area contributed by atoms with Gasteiger partial charge in [0.15, 0.2) is 0 Å². The fourth-order valence-corrected chi connectivity index (χ4v) is 4.02. The van der Waals surface area contributed by atoms with Crippen molar-refractivity contribution in [1.29, 1.82) is 0 Å². The monoisotopic (exact) mass is 344 g/mol. The van der Waals surface area contributed by atoms with Crippen LogP contribution in [0.2, 0.25) is 0 Å². The molecule has 1 amide bonds. The van der Waals surface area contributed by atoms with Crippen LogP contribution in [-0.2, 0) is 11.3 Å². The van der Waals surface area contributed by atoms with E-state index in [1.807, 2.05) is 25.2 Å². The van der Waals surface area contributed by atoms with Crippen LogP contribution in [0.1, 0.15) is 37.1 Å². The summed E-state index contributed by atoms with van der Waals surface area (Å²) in [5, 5.41) is 0. The van der Waals surface area contributed by atoms with Crippen molar-refractivity contribution in [1.82, 2.24) is 4.90 Å². The molecule has 1 aliphatic rings. The van der Waals surface area contributed by atoms with E-state index in [9.17, 15) is 4.79 Å². The number of hydrogen-bond acceptors (Lipinski definition) is 3. The number of nitrogens with two attached hydrogens (primary N) is 1. The summed E-state index contributed by atoms with van der Waals surface area (Å²) < 4.78 is 0. The topological polar surface area (TPSA) is 46.3 Å². The van der Waals surface area contributed by atoms with Crippen molar-refractivity contribution in [2.45, 2.75) is 40.2 Å². The maximum absolute atomic E-state index is 11.3. The lowest BCUT2D eigenvalue weighted by Gasteiger charge is -2.30. The Hall–Kier alpha value is -1.65. The zero-order chi connectivity index (χ0) is 17.5. The first-order chi connectivity index (χ1) is 11.6. The Morgan fingerprint density at radius 3 is 2.42 bits per heavy atom. The van der Waals surface area contributed by atoms with E-state index >= 15 is 0 Å². The summed E-state index contributed by atoms with van der Waals surface area (Å²) in [6.45, 7) is 8.99. The molecular formula is C20H28N2OS. The summed E-state index contributed by atoms with van der Waals surface area (Å²) in [6, 6.07) is 13.0. The fourth-order valence-electron chi connectivity index (χ4n) is 3.09. The number of benzene rings is 1. The predicted molar refractivity (Wildman–Crippen MR) is 103 cm³/mol. The number of carbonyl (C=O) groups is 1. The highest BCUT2D eigenvalue weighted by Gasteiger charge is 2.23. The van der Waals surface area contributed by atoms with Crippen LogP contribution in [0.25, 0.3) is 10.4 Å². The fraction of sp³-hybridized carbons (Fsp3) is 0.450. The molecular weight excluding hydrogens is 316 g/mol. The zero-order valence-corrected chi connectivity index (χ0v) is 15.7. The number of rotatable bonds is 4. The SMILES string of the molecule is CC.Cc1ccc(-c2ccccc2CN2CCC(C(N)=O)CC2)s1. The predicted octanol–water partition coefficient (Wildman–Crippen LogP) is 4.45. The minimum Gasteiger partial charge on any atom is -0.369 e. The third-order valence-electron chi connectivity index (χ3n) is 4.41. The molecule has 0 spiro atoms. The van der Waals surface area contributed by atoms with Crippen LogP contribution in [0, 0.1) is 12.8 Å². The molecule has 0 bridgehead atoms. The number of nitrogens with zero attached hydrogens (tertiary/aromatic N) is 1. The van der Waals surface area contributed by atoms with E-state index in [2.05, 4.69) is 48.2 Å². The van der Waals surface area contributed by atoms with Crippen molar-refractivity contribution < 1.29 is 4.79 Å². The summed E-state index contributed by atoms with van der Waals surface area (Å²) >= 11 is 1.84. The van der Waals surface area contributed by atoms with Crippen LogP contribution in [0.15, 0.2) is 36.4 Å². The minimum absolute atomic E-state index is 0.0615. The average Bonchev–Trinajstić information content (AvgIpc) is 3.04. The molecule has 0 saturated carbocycles. The molecule has 0 radical (unpaired) electrons. The van der Waals surface area contributed by atoms with Gasteiger partial charge >= 0.3 is 0 Å². The van der Waals surface area contributed by atoms with Gasteiger partial charge < -0.3 is 5.73 Å². The van der Waals surface area contributed by atoms with Crippen LogP contribution in [0.5, 0.6) is 0 Å². The van der Waals surface area contributed by atoms with Crippen molar-refractivity contribution in [3.63, 3.8) is 0 Å². The lowest BCUT2D eigenvalue weighted by Crippen LogP contribution is -2.38. The van der Waals surface area contributed by atoms with Crippen molar-refractivity contribution in [2.24, 2.45) is 11.7 Å². The molecule has 1 saturated heterocycles. The summed E-state index contributed by atoms with van der Waals surface area (Å²) in [5.41, 5.74) is 8.11. The van der Waals surface area contributed by atoms with Gasteiger partial charge in [-0.1, -0.05) is 38.1 Å². The molecule has 3 nitrogen and oxygen atoms in total. The van der Waals surface area contributed by atoms with Crippen molar-refractivity contribution >= 4 is 17.2 Å². The lowest BCUT2D eigenvalue weighted by atomic mass is 9.95. The molecule has 1 aliphatic heterocycles. The van der Waals surface area contributed by atoms with Gasteiger partial charge in [-0.3, -0.25) is 9.69 Å². The minimum atomic E-state index is -0.144. The Balaban J connectivity index is 0.00000100. The molecule has 4 heteroatoms. The molecule has 24 heavy (non-hydrogen) atoms. The number of aryl methyl sites for hydroxylation is 1. The lowest BCUT2D eigenvalue weighted by molar-refractivity contribution is -0.123. The Morgan fingerprint density at radius 2 is 1.83 bits per heavy atom. The van der Waals surface area contributed by atoms with E-state index < -0.39 is 0 Å². The number of carbonyl (C=O) groups excluding carboxylic acids is 1. The number of hydrogen-bond donors (Lipinski definition) is 1. The van der Waals surface area contributed by atoms with Crippen LogP contribution >= 0.6 is 11.3 Å². The quantitative estimate of drug-likeness (QED) is 0.891. The van der Waals surface area contributed by atoms with Crippen LogP contribution in [0.3, 0.4) is 0 Å². The number of likely N-dealkylation sites (tertiary alicyclic amines) is 1. The van der Waals surface area contributed by atoms with Gasteiger partial charge in [0, 0.05) is 22.2 Å². The number of piperidine rings is 1. The first-order valence-corrected chi connectivity index (χ1v) is 9.61. The molecule has 1 fully saturated rings. The molecule has 0 unspecified atom stereocenters. The van der Waals surface area contributed by atoms with E-state index in [0.717, 1.165) is 32.5 Å². The zero-order valence-electron chi connectivity index (χ0n) is 14.9. The van der Waals surface area contributed by atoms with Gasteiger partial charge in [-0.25, -0.2) is 0 Å². The van der Waals surface area contributed by atoms with E-state index in [1.165, 1.54) is 20.9 Å². The highest BCUT2D eigenvalue weighted by molar-refractivity contribution is 7.15. The average molecular weight is 345 g/mol. The van der Waals surface area contributed by atoms with Gasteiger partial charge in [0.2, 0.25) is 5.91 Å². The number of thiophene rings is 1. The maximum atomic E-state index is 11.3. The molecule has 130 valence electrons. The van der Waals surface area contributed by atoms with Crippen molar-refractivity contribution in [2.75, 3.05) is 13.1 Å². The summed E-state index contributed by atoms with van der Waals surface area (Å²) in [7, 11) is 0. The summed E-state index contributed by atoms with van der Waals surface area (Å²) in [4.78, 5) is 16.4. The Bertz CT molecular complexity index is 657. The van der Waals surface area contributed by atoms with Gasteiger partial charge in [0.25, 0.3) is 0 Å². The highest BCUT2D eigenvalue weighted by Crippen LogP contribution is 2.31. The molecule has 2 aromatic rings. The maximum Gasteiger partial charge on any atom is 0.220 e. The smallest absolute Gasteiger partial charge is 0.220 e. The van der Waals surface area contributed by atoms with Crippen molar-refractivity contribution in [3.8, 4) is 10.4 Å². The van der Waals surface area contributed by atoms with E-state index in [1.54, 1.807) is 0 Å². The summed E-state index contributed by atoms with van der Waals surface area (Å²) in [6.07, 6.45) is 1.77.